The second kappa shape index (κ2) is 12.9. The van der Waals surface area contributed by atoms with Gasteiger partial charge in [-0.15, -0.1) is 0 Å². The number of amides is 1. The van der Waals surface area contributed by atoms with Gasteiger partial charge in [-0.3, -0.25) is 19.4 Å². The number of carboxylic acids is 1. The summed E-state index contributed by atoms with van der Waals surface area (Å²) < 4.78 is 43.3. The van der Waals surface area contributed by atoms with Crippen LogP contribution in [0.3, 0.4) is 0 Å². The lowest BCUT2D eigenvalue weighted by Crippen LogP contribution is -2.46. The van der Waals surface area contributed by atoms with E-state index in [9.17, 15) is 32.7 Å². The van der Waals surface area contributed by atoms with E-state index < -0.39 is 52.6 Å². The zero-order valence-electron chi connectivity index (χ0n) is 23.3. The first-order valence-corrected chi connectivity index (χ1v) is 15.0. The predicted molar refractivity (Wildman–Crippen MR) is 152 cm³/mol. The highest BCUT2D eigenvalue weighted by atomic mass is 35.5. The molecule has 13 heteroatoms. The second-order valence-electron chi connectivity index (χ2n) is 11.9. The second-order valence-corrected chi connectivity index (χ2v) is 12.7. The van der Waals surface area contributed by atoms with Gasteiger partial charge in [-0.05, 0) is 50.9 Å². The molecule has 0 spiro atoms. The number of Topliss-reactive ketones (excluding diaryl/α,β-unsaturated/α-hetero) is 1. The Morgan fingerprint density at radius 2 is 1.67 bits per heavy atom. The van der Waals surface area contributed by atoms with Crippen LogP contribution in [0.5, 0.6) is 0 Å². The number of alkyl halides is 3. The number of likely N-dealkylation sites (tertiary alicyclic amines) is 1. The Balaban J connectivity index is 1.68. The molecule has 2 aliphatic carbocycles. The van der Waals surface area contributed by atoms with E-state index in [1.54, 1.807) is 6.92 Å². The van der Waals surface area contributed by atoms with Gasteiger partial charge in [-0.1, -0.05) is 55.3 Å². The minimum atomic E-state index is -5.00. The summed E-state index contributed by atoms with van der Waals surface area (Å²) in [6, 6.07) is -1.85. The van der Waals surface area contributed by atoms with Gasteiger partial charge < -0.3 is 20.7 Å². The number of nitrogens with one attached hydrogen (secondary N) is 2. The van der Waals surface area contributed by atoms with Crippen LogP contribution in [0.25, 0.3) is 0 Å². The van der Waals surface area contributed by atoms with Gasteiger partial charge in [-0.25, -0.2) is 0 Å². The molecule has 3 N–H and O–H groups in total. The van der Waals surface area contributed by atoms with Crippen LogP contribution in [0, 0.1) is 22.7 Å². The number of ketones is 1. The van der Waals surface area contributed by atoms with Crippen LogP contribution in [0.15, 0.2) is 23.7 Å². The molecule has 1 amide bonds. The third-order valence-electron chi connectivity index (χ3n) is 9.19. The molecule has 8 nitrogen and oxygen atoms in total. The maximum absolute atomic E-state index is 14.4. The van der Waals surface area contributed by atoms with Gasteiger partial charge in [0.15, 0.2) is 5.78 Å². The Labute approximate surface area is 252 Å². The molecule has 230 valence electrons. The van der Waals surface area contributed by atoms with Crippen molar-refractivity contribution in [2.45, 2.75) is 89.4 Å². The molecule has 1 aromatic rings. The summed E-state index contributed by atoms with van der Waals surface area (Å²) in [7, 11) is 0. The summed E-state index contributed by atoms with van der Waals surface area (Å²) in [4.78, 5) is 44.3. The summed E-state index contributed by atoms with van der Waals surface area (Å²) >= 11 is 12.5. The molecule has 0 unspecified atom stereocenters. The lowest BCUT2D eigenvalue weighted by atomic mass is 9.74. The normalized spacial score (nSPS) is 27.8. The Kier molecular flexibility index (Phi) is 9.92. The number of hydrogen-bond acceptors (Lipinski definition) is 6. The van der Waals surface area contributed by atoms with E-state index in [0.717, 1.165) is 37.0 Å². The van der Waals surface area contributed by atoms with Crippen molar-refractivity contribution in [3.8, 4) is 0 Å². The number of hydrogen-bond donors (Lipinski definition) is 3. The predicted octanol–water partition coefficient (Wildman–Crippen LogP) is 6.46. The van der Waals surface area contributed by atoms with E-state index in [4.69, 9.17) is 28.6 Å². The third-order valence-corrected chi connectivity index (χ3v) is 9.77. The summed E-state index contributed by atoms with van der Waals surface area (Å²) in [6.07, 6.45) is 3.65. The van der Waals surface area contributed by atoms with Crippen molar-refractivity contribution in [3.05, 3.63) is 39.3 Å². The SMILES string of the molecule is C[C@]1(C(=O)O)CC[C@H](N/C(=C(\C=N)C(=O)N2C[C@H](C3CCCCC3)C[C@H]2C(=O)c2c(Cl)cncc2Cl)C(F)(F)F)CC1. The first-order valence-electron chi connectivity index (χ1n) is 14.2. The summed E-state index contributed by atoms with van der Waals surface area (Å²) in [5, 5.41) is 19.7. The molecular formula is C29H35Cl2F3N4O4. The smallest absolute Gasteiger partial charge is 0.431 e. The van der Waals surface area contributed by atoms with E-state index in [2.05, 4.69) is 10.3 Å². The molecule has 0 bridgehead atoms. The number of pyridine rings is 1. The first kappa shape index (κ1) is 32.3. The monoisotopic (exact) mass is 630 g/mol. The number of nitrogens with zero attached hydrogens (tertiary/aromatic N) is 2. The van der Waals surface area contributed by atoms with Crippen LogP contribution in [0.4, 0.5) is 13.2 Å². The number of allylic oxidation sites excluding steroid dienone is 1. The van der Waals surface area contributed by atoms with Crippen LogP contribution in [0.1, 0.15) is 81.5 Å². The molecule has 3 aliphatic rings. The Bertz CT molecular complexity index is 1240. The van der Waals surface area contributed by atoms with Gasteiger partial charge in [0, 0.05) is 31.2 Å². The molecule has 1 saturated heterocycles. The zero-order valence-corrected chi connectivity index (χ0v) is 24.8. The lowest BCUT2D eigenvalue weighted by Gasteiger charge is -2.35. The maximum Gasteiger partial charge on any atom is 0.431 e. The van der Waals surface area contributed by atoms with Crippen LogP contribution in [-0.4, -0.2) is 63.7 Å². The number of rotatable bonds is 8. The number of halogens is 5. The minimum Gasteiger partial charge on any atom is -0.481 e. The first-order chi connectivity index (χ1) is 19.8. The molecule has 2 atom stereocenters. The van der Waals surface area contributed by atoms with Gasteiger partial charge in [0.2, 0.25) is 0 Å². The van der Waals surface area contributed by atoms with Gasteiger partial charge in [0.1, 0.15) is 5.70 Å². The maximum atomic E-state index is 14.4. The Morgan fingerprint density at radius 1 is 1.07 bits per heavy atom. The molecule has 0 aromatic carbocycles. The van der Waals surface area contributed by atoms with Crippen molar-refractivity contribution in [1.82, 2.24) is 15.2 Å². The van der Waals surface area contributed by atoms with Gasteiger partial charge in [0.05, 0.1) is 32.6 Å². The molecule has 0 radical (unpaired) electrons. The lowest BCUT2D eigenvalue weighted by molar-refractivity contribution is -0.150. The van der Waals surface area contributed by atoms with Gasteiger partial charge >= 0.3 is 12.1 Å². The van der Waals surface area contributed by atoms with Crippen LogP contribution < -0.4 is 5.32 Å². The molecule has 3 fully saturated rings. The fourth-order valence-electron chi connectivity index (χ4n) is 6.63. The number of aromatic nitrogens is 1. The number of carbonyl (C=O) groups excluding carboxylic acids is 2. The summed E-state index contributed by atoms with van der Waals surface area (Å²) in [6.45, 7) is 1.64. The largest absolute Gasteiger partial charge is 0.481 e. The third kappa shape index (κ3) is 6.77. The average molecular weight is 632 g/mol. The van der Waals surface area contributed by atoms with E-state index >= 15 is 0 Å². The highest BCUT2D eigenvalue weighted by Crippen LogP contribution is 2.41. The van der Waals surface area contributed by atoms with E-state index in [1.807, 2.05) is 0 Å². The quantitative estimate of drug-likeness (QED) is 0.172. The minimum absolute atomic E-state index is 0.0212. The number of carbonyl (C=O) groups is 3. The van der Waals surface area contributed by atoms with Crippen molar-refractivity contribution in [3.63, 3.8) is 0 Å². The van der Waals surface area contributed by atoms with Crippen LogP contribution in [-0.2, 0) is 9.59 Å². The number of carboxylic acid groups (broad SMARTS) is 1. The highest BCUT2D eigenvalue weighted by molar-refractivity contribution is 6.40. The van der Waals surface area contributed by atoms with Crippen LogP contribution >= 0.6 is 23.2 Å². The van der Waals surface area contributed by atoms with Gasteiger partial charge in [-0.2, -0.15) is 13.2 Å². The van der Waals surface area contributed by atoms with E-state index in [1.165, 1.54) is 12.4 Å². The summed E-state index contributed by atoms with van der Waals surface area (Å²) in [5.74, 6) is -2.55. The van der Waals surface area contributed by atoms with Crippen molar-refractivity contribution < 1.29 is 32.7 Å². The fourth-order valence-corrected chi connectivity index (χ4v) is 7.18. The van der Waals surface area contributed by atoms with Crippen molar-refractivity contribution >= 4 is 47.1 Å². The van der Waals surface area contributed by atoms with Gasteiger partial charge in [0.25, 0.3) is 5.91 Å². The highest BCUT2D eigenvalue weighted by Gasteiger charge is 2.47. The van der Waals surface area contributed by atoms with E-state index in [-0.39, 0.29) is 66.1 Å². The molecule has 2 saturated carbocycles. The molecule has 4 rings (SSSR count). The molecule has 2 heterocycles. The number of aliphatic carboxylic acids is 1. The fraction of sp³-hybridized carbons (Fsp3) is 0.621. The summed E-state index contributed by atoms with van der Waals surface area (Å²) in [5.41, 5.74) is -3.34. The molecule has 1 aliphatic heterocycles. The zero-order chi connectivity index (χ0) is 30.8. The van der Waals surface area contributed by atoms with Crippen LogP contribution in [0.2, 0.25) is 10.0 Å². The Morgan fingerprint density at radius 3 is 2.19 bits per heavy atom. The molecular weight excluding hydrogens is 596 g/mol. The average Bonchev–Trinajstić information content (AvgIpc) is 3.39. The van der Waals surface area contributed by atoms with Crippen molar-refractivity contribution in [2.24, 2.45) is 17.3 Å². The van der Waals surface area contributed by atoms with Crippen molar-refractivity contribution in [2.75, 3.05) is 6.54 Å². The Hall–Kier alpha value is -2.66. The molecule has 1 aromatic heterocycles. The van der Waals surface area contributed by atoms with Crippen molar-refractivity contribution in [1.29, 1.82) is 5.41 Å². The topological polar surface area (TPSA) is 123 Å². The molecule has 42 heavy (non-hydrogen) atoms. The standard InChI is InChI=1S/C29H35Cl2F3N4O4/c1-28(27(41)42)9-7-18(8-10-28)37-25(29(32,33)34)19(12-35)26(40)38-15-17(16-5-3-2-4-6-16)11-22(38)24(39)23-20(30)13-36-14-21(23)31/h12-14,16-18,22,35,37H,2-11,15H2,1H3,(H,41,42)/b25-19+,35-12?/t17-,18-,22+,28-/m1/s1. The van der Waals surface area contributed by atoms with E-state index in [0.29, 0.717) is 6.21 Å².